The molecule has 9 nitrogen and oxygen atoms in total. The van der Waals surface area contributed by atoms with E-state index in [1.807, 2.05) is 0 Å². The molecular weight excluding hydrogens is 446 g/mol. The molecule has 3 amide bonds. The van der Waals surface area contributed by atoms with Crippen molar-refractivity contribution in [1.82, 2.24) is 4.98 Å². The molecule has 1 fully saturated rings. The molecule has 1 N–H and O–H groups in total. The van der Waals surface area contributed by atoms with Crippen LogP contribution in [0.15, 0.2) is 24.3 Å². The SMILES string of the molecule is COc1cc2c(c(OC)c1OC)C(=O)N(c1ccc3nc(NC(=O)C4CC4)sc3c1)C(=O)C2. The van der Waals surface area contributed by atoms with Gasteiger partial charge >= 0.3 is 0 Å². The van der Waals surface area contributed by atoms with Gasteiger partial charge in [-0.2, -0.15) is 0 Å². The molecule has 0 saturated heterocycles. The highest BCUT2D eigenvalue weighted by molar-refractivity contribution is 7.22. The number of methoxy groups -OCH3 is 3. The van der Waals surface area contributed by atoms with E-state index in [2.05, 4.69) is 10.3 Å². The Morgan fingerprint density at radius 1 is 1.09 bits per heavy atom. The second-order valence-corrected chi connectivity index (χ2v) is 8.86. The van der Waals surface area contributed by atoms with Gasteiger partial charge in [0.15, 0.2) is 16.6 Å². The Morgan fingerprint density at radius 3 is 2.52 bits per heavy atom. The number of imide groups is 1. The van der Waals surface area contributed by atoms with Crippen molar-refractivity contribution in [2.45, 2.75) is 19.3 Å². The Hall–Kier alpha value is -3.66. The molecule has 0 radical (unpaired) electrons. The van der Waals surface area contributed by atoms with E-state index in [4.69, 9.17) is 14.2 Å². The zero-order chi connectivity index (χ0) is 23.3. The number of carbonyl (C=O) groups excluding carboxylic acids is 3. The van der Waals surface area contributed by atoms with Crippen molar-refractivity contribution in [3.63, 3.8) is 0 Å². The van der Waals surface area contributed by atoms with Crippen LogP contribution in [0.2, 0.25) is 0 Å². The molecule has 0 bridgehead atoms. The zero-order valence-corrected chi connectivity index (χ0v) is 19.1. The molecule has 1 aliphatic carbocycles. The second kappa shape index (κ2) is 8.04. The fraction of sp³-hybridized carbons (Fsp3) is 0.304. The van der Waals surface area contributed by atoms with Crippen LogP contribution in [0.5, 0.6) is 17.2 Å². The van der Waals surface area contributed by atoms with Gasteiger partial charge in [0, 0.05) is 5.92 Å². The van der Waals surface area contributed by atoms with E-state index in [1.165, 1.54) is 32.7 Å². The molecule has 2 heterocycles. The Labute approximate surface area is 193 Å². The van der Waals surface area contributed by atoms with E-state index < -0.39 is 5.91 Å². The normalized spacial score (nSPS) is 15.4. The molecule has 1 aliphatic heterocycles. The van der Waals surface area contributed by atoms with Crippen LogP contribution >= 0.6 is 11.3 Å². The Kier molecular flexibility index (Phi) is 5.16. The van der Waals surface area contributed by atoms with Gasteiger partial charge < -0.3 is 19.5 Å². The Bertz CT molecular complexity index is 1310. The van der Waals surface area contributed by atoms with Gasteiger partial charge in [-0.3, -0.25) is 14.4 Å². The summed E-state index contributed by atoms with van der Waals surface area (Å²) in [4.78, 5) is 44.1. The molecule has 170 valence electrons. The lowest BCUT2D eigenvalue weighted by Crippen LogP contribution is -2.42. The van der Waals surface area contributed by atoms with Crippen LogP contribution in [0.4, 0.5) is 10.8 Å². The number of ether oxygens (including phenoxy) is 3. The summed E-state index contributed by atoms with van der Waals surface area (Å²) < 4.78 is 17.0. The van der Waals surface area contributed by atoms with E-state index in [9.17, 15) is 14.4 Å². The summed E-state index contributed by atoms with van der Waals surface area (Å²) in [6.45, 7) is 0. The molecular formula is C23H21N3O6S. The summed E-state index contributed by atoms with van der Waals surface area (Å²) in [5, 5.41) is 3.34. The number of anilines is 2. The number of fused-ring (bicyclic) bond motifs is 2. The average molecular weight is 468 g/mol. The summed E-state index contributed by atoms with van der Waals surface area (Å²) in [6.07, 6.45) is 1.81. The summed E-state index contributed by atoms with van der Waals surface area (Å²) in [5.41, 5.74) is 1.87. The highest BCUT2D eigenvalue weighted by atomic mass is 32.1. The quantitative estimate of drug-likeness (QED) is 0.554. The van der Waals surface area contributed by atoms with Crippen LogP contribution in [0.3, 0.4) is 0 Å². The van der Waals surface area contributed by atoms with Gasteiger partial charge in [0.05, 0.1) is 49.2 Å². The summed E-state index contributed by atoms with van der Waals surface area (Å²) in [7, 11) is 4.38. The van der Waals surface area contributed by atoms with Crippen LogP contribution in [0.1, 0.15) is 28.8 Å². The van der Waals surface area contributed by atoms with Gasteiger partial charge in [0.25, 0.3) is 5.91 Å². The van der Waals surface area contributed by atoms with Crippen LogP contribution in [0, 0.1) is 5.92 Å². The third-order valence-electron chi connectivity index (χ3n) is 5.73. The predicted octanol–water partition coefficient (Wildman–Crippen LogP) is 3.40. The zero-order valence-electron chi connectivity index (χ0n) is 18.3. The number of hydrogen-bond acceptors (Lipinski definition) is 8. The van der Waals surface area contributed by atoms with Crippen LogP contribution in [0.25, 0.3) is 10.2 Å². The number of amides is 3. The molecule has 0 unspecified atom stereocenters. The van der Waals surface area contributed by atoms with Crippen molar-refractivity contribution < 1.29 is 28.6 Å². The molecule has 2 aromatic carbocycles. The smallest absolute Gasteiger partial charge is 0.269 e. The fourth-order valence-electron chi connectivity index (χ4n) is 3.97. The van der Waals surface area contributed by atoms with Crippen molar-refractivity contribution in [2.75, 3.05) is 31.5 Å². The van der Waals surface area contributed by atoms with E-state index in [0.717, 1.165) is 22.4 Å². The monoisotopic (exact) mass is 467 g/mol. The summed E-state index contributed by atoms with van der Waals surface area (Å²) in [6, 6.07) is 6.76. The van der Waals surface area contributed by atoms with Crippen molar-refractivity contribution in [3.05, 3.63) is 35.4 Å². The maximum Gasteiger partial charge on any atom is 0.269 e. The van der Waals surface area contributed by atoms with Gasteiger partial charge in [-0.05, 0) is 42.7 Å². The first-order valence-electron chi connectivity index (χ1n) is 10.4. The van der Waals surface area contributed by atoms with Gasteiger partial charge in [0.1, 0.15) is 0 Å². The number of hydrogen-bond donors (Lipinski definition) is 1. The molecule has 2 aliphatic rings. The third kappa shape index (κ3) is 3.56. The fourth-order valence-corrected chi connectivity index (χ4v) is 4.87. The minimum atomic E-state index is -0.509. The first kappa shape index (κ1) is 21.2. The molecule has 0 spiro atoms. The van der Waals surface area contributed by atoms with E-state index in [-0.39, 0.29) is 41.2 Å². The predicted molar refractivity (Wildman–Crippen MR) is 123 cm³/mol. The van der Waals surface area contributed by atoms with E-state index in [1.54, 1.807) is 24.3 Å². The molecule has 1 saturated carbocycles. The standard InChI is InChI=1S/C23H21N3O6S/c1-30-15-8-12-9-17(27)26(22(29)18(12)20(32-3)19(15)31-2)13-6-7-14-16(10-13)33-23(24-14)25-21(28)11-4-5-11/h6-8,10-11H,4-5,9H2,1-3H3,(H,24,25,28). The van der Waals surface area contributed by atoms with Crippen LogP contribution in [-0.2, 0) is 16.0 Å². The van der Waals surface area contributed by atoms with Gasteiger partial charge in [-0.1, -0.05) is 11.3 Å². The molecule has 5 rings (SSSR count). The maximum atomic E-state index is 13.5. The molecule has 33 heavy (non-hydrogen) atoms. The average Bonchev–Trinajstić information content (AvgIpc) is 3.58. The van der Waals surface area contributed by atoms with Crippen LogP contribution in [-0.4, -0.2) is 44.0 Å². The van der Waals surface area contributed by atoms with E-state index >= 15 is 0 Å². The highest BCUT2D eigenvalue weighted by Crippen LogP contribution is 2.45. The molecule has 3 aromatic rings. The number of thiazole rings is 1. The molecule has 10 heteroatoms. The van der Waals surface area contributed by atoms with Crippen LogP contribution < -0.4 is 24.4 Å². The largest absolute Gasteiger partial charge is 0.493 e. The summed E-state index contributed by atoms with van der Waals surface area (Å²) in [5.74, 6) is 0.0614. The number of carbonyl (C=O) groups is 3. The lowest BCUT2D eigenvalue weighted by Gasteiger charge is -2.29. The number of benzene rings is 2. The Balaban J connectivity index is 1.53. The minimum absolute atomic E-state index is 0.00120. The van der Waals surface area contributed by atoms with Crippen molar-refractivity contribution in [1.29, 1.82) is 0 Å². The number of nitrogens with one attached hydrogen (secondary N) is 1. The maximum absolute atomic E-state index is 13.5. The Morgan fingerprint density at radius 2 is 1.85 bits per heavy atom. The van der Waals surface area contributed by atoms with Gasteiger partial charge in [-0.25, -0.2) is 9.88 Å². The lowest BCUT2D eigenvalue weighted by atomic mass is 9.95. The van der Waals surface area contributed by atoms with Gasteiger partial charge in [0.2, 0.25) is 17.6 Å². The first-order chi connectivity index (χ1) is 15.9. The van der Waals surface area contributed by atoms with Crippen molar-refractivity contribution >= 4 is 50.1 Å². The van der Waals surface area contributed by atoms with E-state index in [0.29, 0.717) is 27.6 Å². The first-order valence-corrected chi connectivity index (χ1v) is 11.2. The third-order valence-corrected chi connectivity index (χ3v) is 6.66. The molecule has 0 atom stereocenters. The number of nitrogens with zero attached hydrogens (tertiary/aromatic N) is 2. The minimum Gasteiger partial charge on any atom is -0.493 e. The second-order valence-electron chi connectivity index (χ2n) is 7.83. The van der Waals surface area contributed by atoms with Crippen molar-refractivity contribution in [2.24, 2.45) is 5.92 Å². The molecule has 1 aromatic heterocycles. The van der Waals surface area contributed by atoms with Gasteiger partial charge in [-0.15, -0.1) is 0 Å². The number of rotatable bonds is 6. The van der Waals surface area contributed by atoms with Crippen molar-refractivity contribution in [3.8, 4) is 17.2 Å². The highest BCUT2D eigenvalue weighted by Gasteiger charge is 2.37. The summed E-state index contributed by atoms with van der Waals surface area (Å²) >= 11 is 1.30. The topological polar surface area (TPSA) is 107 Å². The number of aromatic nitrogens is 1. The lowest BCUT2D eigenvalue weighted by molar-refractivity contribution is -0.118.